The lowest BCUT2D eigenvalue weighted by molar-refractivity contribution is -0.384. The van der Waals surface area contributed by atoms with Crippen LogP contribution in [0.5, 0.6) is 0 Å². The van der Waals surface area contributed by atoms with Crippen LogP contribution in [0.1, 0.15) is 31.3 Å². The van der Waals surface area contributed by atoms with E-state index in [1.807, 2.05) is 4.98 Å². The maximum atomic E-state index is 13.1. The minimum atomic E-state index is -6.08. The first kappa shape index (κ1) is 20.7. The molecule has 2 aromatic rings. The van der Waals surface area contributed by atoms with E-state index >= 15 is 0 Å². The number of nitro groups is 1. The lowest BCUT2D eigenvalue weighted by atomic mass is 10.0. The average Bonchev–Trinajstić information content (AvgIpc) is 2.97. The Morgan fingerprint density at radius 3 is 1.93 bits per heavy atom. The monoisotopic (exact) mass is 397 g/mol. The summed E-state index contributed by atoms with van der Waals surface area (Å²) in [5.41, 5.74) is -5.82. The van der Waals surface area contributed by atoms with Gasteiger partial charge in [-0.05, 0) is 18.1 Å². The second-order valence-electron chi connectivity index (χ2n) is 6.01. The van der Waals surface area contributed by atoms with Gasteiger partial charge in [0, 0.05) is 23.4 Å². The van der Waals surface area contributed by atoms with Crippen LogP contribution >= 0.6 is 0 Å². The van der Waals surface area contributed by atoms with Crippen molar-refractivity contribution in [3.63, 3.8) is 0 Å². The molecule has 0 spiro atoms. The molecule has 1 aromatic heterocycles. The zero-order chi connectivity index (χ0) is 20.8. The van der Waals surface area contributed by atoms with Gasteiger partial charge in [0.05, 0.1) is 10.6 Å². The molecule has 6 nitrogen and oxygen atoms in total. The molecule has 27 heavy (non-hydrogen) atoms. The third kappa shape index (κ3) is 3.48. The Bertz CT molecular complexity index is 826. The van der Waals surface area contributed by atoms with Crippen molar-refractivity contribution in [2.24, 2.45) is 0 Å². The summed E-state index contributed by atoms with van der Waals surface area (Å²) >= 11 is 0. The number of nitrogens with one attached hydrogen (secondary N) is 1. The molecule has 0 bridgehead atoms. The molecule has 0 aliphatic carbocycles. The fourth-order valence-electron chi connectivity index (χ4n) is 2.37. The third-order valence-corrected chi connectivity index (χ3v) is 3.82. The summed E-state index contributed by atoms with van der Waals surface area (Å²) in [5.74, 6) is -2.30. The number of hydrogen-bond acceptors (Lipinski definition) is 4. The van der Waals surface area contributed by atoms with E-state index < -0.39 is 34.6 Å². The molecule has 0 aliphatic heterocycles. The van der Waals surface area contributed by atoms with Gasteiger partial charge in [0.25, 0.3) is 5.69 Å². The van der Waals surface area contributed by atoms with Crippen LogP contribution in [0.2, 0.25) is 0 Å². The number of H-pyrrole nitrogens is 1. The van der Waals surface area contributed by atoms with E-state index in [9.17, 15) is 41.6 Å². The number of nitrogens with zero attached hydrogens (tertiary/aromatic N) is 2. The number of hydrogen-bond donors (Lipinski definition) is 2. The van der Waals surface area contributed by atoms with Crippen molar-refractivity contribution in [3.8, 4) is 11.3 Å². The van der Waals surface area contributed by atoms with Crippen LogP contribution in [-0.4, -0.2) is 32.4 Å². The molecule has 148 valence electrons. The SMILES string of the molecule is CC(C)c1[nH]c(C(O)(C(F)(F)F)C(F)(F)F)nc1-c1ccc([N+](=O)[O-])cc1. The van der Waals surface area contributed by atoms with Crippen LogP contribution in [0.15, 0.2) is 24.3 Å². The third-order valence-electron chi connectivity index (χ3n) is 3.82. The van der Waals surface area contributed by atoms with Crippen LogP contribution in [0.4, 0.5) is 32.0 Å². The quantitative estimate of drug-likeness (QED) is 0.454. The predicted octanol–water partition coefficient (Wildman–Crippen LogP) is 4.42. The lowest BCUT2D eigenvalue weighted by Crippen LogP contribution is -2.54. The number of aromatic amines is 1. The van der Waals surface area contributed by atoms with Gasteiger partial charge in [-0.15, -0.1) is 0 Å². The Kier molecular flexibility index (Phi) is 4.99. The normalized spacial score (nSPS) is 13.3. The zero-order valence-electron chi connectivity index (χ0n) is 13.8. The van der Waals surface area contributed by atoms with Crippen LogP contribution < -0.4 is 0 Å². The minimum absolute atomic E-state index is 0.0542. The van der Waals surface area contributed by atoms with E-state index in [-0.39, 0.29) is 22.6 Å². The first-order valence-electron chi connectivity index (χ1n) is 7.41. The van der Waals surface area contributed by atoms with Gasteiger partial charge in [-0.25, -0.2) is 4.98 Å². The van der Waals surface area contributed by atoms with Crippen molar-refractivity contribution in [2.75, 3.05) is 0 Å². The number of alkyl halides is 6. The van der Waals surface area contributed by atoms with Crippen molar-refractivity contribution in [1.82, 2.24) is 9.97 Å². The molecule has 1 heterocycles. The van der Waals surface area contributed by atoms with Crippen molar-refractivity contribution < 1.29 is 36.4 Å². The standard InChI is InChI=1S/C15H13F6N3O3/c1-7(2)10-11(8-3-5-9(6-4-8)24(26)27)23-12(22-10)13(25,14(16,17)18)15(19,20)21/h3-7,25H,1-2H3,(H,22,23). The molecule has 2 N–H and O–H groups in total. The van der Waals surface area contributed by atoms with Gasteiger partial charge in [0.1, 0.15) is 0 Å². The molecule has 12 heteroatoms. The summed E-state index contributed by atoms with van der Waals surface area (Å²) in [4.78, 5) is 15.3. The predicted molar refractivity (Wildman–Crippen MR) is 80.8 cm³/mol. The highest BCUT2D eigenvalue weighted by Crippen LogP contribution is 2.49. The molecule has 0 radical (unpaired) electrons. The number of non-ortho nitro benzene ring substituents is 1. The number of halogens is 6. The smallest absolute Gasteiger partial charge is 0.367 e. The molecule has 1 aromatic carbocycles. The van der Waals surface area contributed by atoms with Gasteiger partial charge >= 0.3 is 18.0 Å². The van der Waals surface area contributed by atoms with Gasteiger partial charge in [0.2, 0.25) is 0 Å². The maximum Gasteiger partial charge on any atom is 0.433 e. The Hall–Kier alpha value is -2.63. The number of rotatable bonds is 4. The van der Waals surface area contributed by atoms with Crippen LogP contribution in [-0.2, 0) is 5.60 Å². The van der Waals surface area contributed by atoms with Gasteiger partial charge < -0.3 is 10.1 Å². The van der Waals surface area contributed by atoms with E-state index in [2.05, 4.69) is 4.98 Å². The largest absolute Gasteiger partial charge is 0.433 e. The summed E-state index contributed by atoms with van der Waals surface area (Å²) < 4.78 is 78.4. The van der Waals surface area contributed by atoms with E-state index in [1.165, 1.54) is 13.8 Å². The second kappa shape index (κ2) is 6.51. The van der Waals surface area contributed by atoms with Gasteiger partial charge in [0.15, 0.2) is 5.82 Å². The number of benzene rings is 1. The first-order chi connectivity index (χ1) is 12.2. The van der Waals surface area contributed by atoms with E-state index in [0.29, 0.717) is 0 Å². The van der Waals surface area contributed by atoms with Crippen molar-refractivity contribution in [2.45, 2.75) is 37.7 Å². The molecule has 0 aliphatic rings. The highest BCUT2D eigenvalue weighted by atomic mass is 19.4. The van der Waals surface area contributed by atoms with Gasteiger partial charge in [-0.1, -0.05) is 13.8 Å². The highest BCUT2D eigenvalue weighted by molar-refractivity contribution is 5.64. The number of imidazole rings is 1. The van der Waals surface area contributed by atoms with E-state index in [0.717, 1.165) is 24.3 Å². The Balaban J connectivity index is 2.69. The first-order valence-corrected chi connectivity index (χ1v) is 7.41. The highest BCUT2D eigenvalue weighted by Gasteiger charge is 2.73. The van der Waals surface area contributed by atoms with Crippen LogP contribution in [0, 0.1) is 10.1 Å². The maximum absolute atomic E-state index is 13.1. The lowest BCUT2D eigenvalue weighted by Gasteiger charge is -2.30. The Morgan fingerprint density at radius 1 is 1.07 bits per heavy atom. The summed E-state index contributed by atoms with van der Waals surface area (Å²) in [6.45, 7) is 2.98. The fraction of sp³-hybridized carbons (Fsp3) is 0.400. The molecule has 2 rings (SSSR count). The van der Waals surface area contributed by atoms with Crippen molar-refractivity contribution in [1.29, 1.82) is 0 Å². The van der Waals surface area contributed by atoms with Gasteiger partial charge in [-0.3, -0.25) is 10.1 Å². The number of nitro benzene ring substituents is 1. The summed E-state index contributed by atoms with van der Waals surface area (Å²) in [6, 6.07) is 4.36. The Labute approximate surface area is 148 Å². The summed E-state index contributed by atoms with van der Waals surface area (Å²) in [5, 5.41) is 20.2. The second-order valence-corrected chi connectivity index (χ2v) is 6.01. The average molecular weight is 397 g/mol. The van der Waals surface area contributed by atoms with E-state index in [4.69, 9.17) is 0 Å². The van der Waals surface area contributed by atoms with Crippen molar-refractivity contribution in [3.05, 3.63) is 45.9 Å². The van der Waals surface area contributed by atoms with Gasteiger partial charge in [-0.2, -0.15) is 26.3 Å². The summed E-state index contributed by atoms with van der Waals surface area (Å²) in [7, 11) is 0. The molecule has 0 fully saturated rings. The topological polar surface area (TPSA) is 92.0 Å². The van der Waals surface area contributed by atoms with E-state index in [1.54, 1.807) is 0 Å². The molecular weight excluding hydrogens is 384 g/mol. The molecule has 0 saturated carbocycles. The molecule has 0 saturated heterocycles. The zero-order valence-corrected chi connectivity index (χ0v) is 13.8. The fourth-order valence-corrected chi connectivity index (χ4v) is 2.37. The molecule has 0 atom stereocenters. The summed E-state index contributed by atoms with van der Waals surface area (Å²) in [6.07, 6.45) is -12.2. The minimum Gasteiger partial charge on any atom is -0.367 e. The van der Waals surface area contributed by atoms with Crippen molar-refractivity contribution >= 4 is 5.69 Å². The molecule has 0 amide bonds. The molecular formula is C15H13F6N3O3. The molecule has 0 unspecified atom stereocenters. The van der Waals surface area contributed by atoms with Crippen LogP contribution in [0.3, 0.4) is 0 Å². The Morgan fingerprint density at radius 2 is 1.56 bits per heavy atom. The van der Waals surface area contributed by atoms with Crippen LogP contribution in [0.25, 0.3) is 11.3 Å². The number of aromatic nitrogens is 2. The number of aliphatic hydroxyl groups is 1.